The second kappa shape index (κ2) is 5.10. The van der Waals surface area contributed by atoms with E-state index in [4.69, 9.17) is 5.26 Å². The van der Waals surface area contributed by atoms with Crippen molar-refractivity contribution >= 4 is 28.9 Å². The maximum Gasteiger partial charge on any atom is 0.208 e. The molecule has 0 unspecified atom stereocenters. The summed E-state index contributed by atoms with van der Waals surface area (Å²) < 4.78 is 2.06. The van der Waals surface area contributed by atoms with Crippen molar-refractivity contribution in [2.75, 3.05) is 12.3 Å². The fourth-order valence-corrected chi connectivity index (χ4v) is 3.23. The number of nitrogens with zero attached hydrogens (tertiary/aromatic N) is 3. The molecule has 0 spiro atoms. The maximum atomic E-state index is 8.52. The summed E-state index contributed by atoms with van der Waals surface area (Å²) in [6, 6.07) is 10.1. The van der Waals surface area contributed by atoms with Gasteiger partial charge in [0.2, 0.25) is 6.19 Å². The van der Waals surface area contributed by atoms with Gasteiger partial charge in [-0.3, -0.25) is 4.31 Å². The second-order valence-electron chi connectivity index (χ2n) is 2.85. The topological polar surface area (TPSA) is 39.4 Å². The van der Waals surface area contributed by atoms with Crippen molar-refractivity contribution in [3.05, 3.63) is 30.3 Å². The number of rotatable bonds is 2. The molecule has 0 atom stereocenters. The number of benzene rings is 1. The molecule has 15 heavy (non-hydrogen) atoms. The Hall–Kier alpha value is -1.12. The van der Waals surface area contributed by atoms with Crippen molar-refractivity contribution in [1.82, 2.24) is 4.31 Å². The van der Waals surface area contributed by atoms with Gasteiger partial charge in [0.15, 0.2) is 5.17 Å². The summed E-state index contributed by atoms with van der Waals surface area (Å²) in [7, 11) is 0. The summed E-state index contributed by atoms with van der Waals surface area (Å²) in [5, 5.41) is 9.34. The number of thioether (sulfide) groups is 1. The van der Waals surface area contributed by atoms with Crippen LogP contribution in [0, 0.1) is 11.5 Å². The van der Waals surface area contributed by atoms with Crippen molar-refractivity contribution < 1.29 is 0 Å². The summed E-state index contributed by atoms with van der Waals surface area (Å²) in [5.41, 5.74) is 0. The van der Waals surface area contributed by atoms with Gasteiger partial charge in [0.05, 0.1) is 0 Å². The fourth-order valence-electron chi connectivity index (χ4n) is 1.21. The first-order valence-electron chi connectivity index (χ1n) is 4.50. The van der Waals surface area contributed by atoms with Crippen molar-refractivity contribution in [1.29, 1.82) is 5.26 Å². The Kier molecular flexibility index (Phi) is 3.54. The van der Waals surface area contributed by atoms with Crippen LogP contribution < -0.4 is 0 Å². The number of hydrogen-bond acceptors (Lipinski definition) is 4. The fraction of sp³-hybridized carbons (Fsp3) is 0.200. The van der Waals surface area contributed by atoms with Crippen LogP contribution in [0.1, 0.15) is 0 Å². The van der Waals surface area contributed by atoms with E-state index in [0.717, 1.165) is 17.5 Å². The van der Waals surface area contributed by atoms with Crippen LogP contribution >= 0.6 is 23.7 Å². The van der Waals surface area contributed by atoms with Crippen LogP contribution in [-0.2, 0) is 0 Å². The molecule has 0 saturated carbocycles. The van der Waals surface area contributed by atoms with Crippen molar-refractivity contribution in [2.24, 2.45) is 4.99 Å². The molecule has 1 aromatic rings. The lowest BCUT2D eigenvalue weighted by atomic mass is 10.4. The first kappa shape index (κ1) is 10.4. The lowest BCUT2D eigenvalue weighted by Crippen LogP contribution is -2.15. The zero-order valence-electron chi connectivity index (χ0n) is 7.96. The lowest BCUT2D eigenvalue weighted by molar-refractivity contribution is 0.751. The lowest BCUT2D eigenvalue weighted by Gasteiger charge is -2.14. The molecule has 0 amide bonds. The van der Waals surface area contributed by atoms with Crippen LogP contribution in [0.25, 0.3) is 0 Å². The highest BCUT2D eigenvalue weighted by Gasteiger charge is 2.20. The van der Waals surface area contributed by atoms with Gasteiger partial charge in [0, 0.05) is 17.2 Å². The van der Waals surface area contributed by atoms with Crippen molar-refractivity contribution in [3.63, 3.8) is 0 Å². The first-order chi connectivity index (χ1) is 7.40. The molecule has 3 nitrogen and oxygen atoms in total. The maximum absolute atomic E-state index is 8.52. The van der Waals surface area contributed by atoms with Gasteiger partial charge in [0.25, 0.3) is 0 Å². The molecule has 0 aliphatic carbocycles. The Morgan fingerprint density at radius 1 is 1.40 bits per heavy atom. The van der Waals surface area contributed by atoms with Gasteiger partial charge in [-0.05, 0) is 24.1 Å². The quantitative estimate of drug-likeness (QED) is 0.583. The third-order valence-electron chi connectivity index (χ3n) is 1.84. The summed E-state index contributed by atoms with van der Waals surface area (Å²) in [6.07, 6.45) is 1.84. The number of nitriles is 1. The molecule has 1 fully saturated rings. The molecular formula is C10H9N3S2. The molecule has 1 aliphatic rings. The molecule has 1 heterocycles. The van der Waals surface area contributed by atoms with Crippen LogP contribution in [0.15, 0.2) is 40.2 Å². The number of hydrogen-bond donors (Lipinski definition) is 0. The smallest absolute Gasteiger partial charge is 0.208 e. The second-order valence-corrected chi connectivity index (χ2v) is 5.01. The molecule has 1 saturated heterocycles. The summed E-state index contributed by atoms with van der Waals surface area (Å²) in [4.78, 5) is 4.96. The van der Waals surface area contributed by atoms with Crippen LogP contribution in [0.5, 0.6) is 0 Å². The van der Waals surface area contributed by atoms with E-state index >= 15 is 0 Å². The molecule has 0 bridgehead atoms. The van der Waals surface area contributed by atoms with Gasteiger partial charge in [0.1, 0.15) is 0 Å². The van der Waals surface area contributed by atoms with E-state index < -0.39 is 0 Å². The predicted octanol–water partition coefficient (Wildman–Crippen LogP) is 2.58. The Labute approximate surface area is 97.3 Å². The largest absolute Gasteiger partial charge is 0.289 e. The predicted molar refractivity (Wildman–Crippen MR) is 64.5 cm³/mol. The minimum absolute atomic E-state index is 0.811. The van der Waals surface area contributed by atoms with Gasteiger partial charge < -0.3 is 0 Å². The van der Waals surface area contributed by atoms with Crippen LogP contribution in [0.2, 0.25) is 0 Å². The molecule has 1 aliphatic heterocycles. The molecule has 76 valence electrons. The molecule has 0 N–H and O–H groups in total. The monoisotopic (exact) mass is 235 g/mol. The highest BCUT2D eigenvalue weighted by Crippen LogP contribution is 2.30. The molecule has 2 rings (SSSR count). The van der Waals surface area contributed by atoms with E-state index in [1.54, 1.807) is 23.7 Å². The van der Waals surface area contributed by atoms with E-state index in [1.165, 1.54) is 4.90 Å². The third-order valence-corrected chi connectivity index (χ3v) is 3.97. The Morgan fingerprint density at radius 2 is 2.20 bits per heavy atom. The summed E-state index contributed by atoms with van der Waals surface area (Å²) in [5.74, 6) is 1.00. The molecule has 0 radical (unpaired) electrons. The van der Waals surface area contributed by atoms with Gasteiger partial charge in [-0.25, -0.2) is 0 Å². The summed E-state index contributed by atoms with van der Waals surface area (Å²) >= 11 is 3.26. The number of aliphatic imine (C=N–C) groups is 1. The molecule has 5 heteroatoms. The zero-order chi connectivity index (χ0) is 10.5. The highest BCUT2D eigenvalue weighted by atomic mass is 32.2. The van der Waals surface area contributed by atoms with Gasteiger partial charge in [-0.1, -0.05) is 30.0 Å². The molecule has 0 aromatic heterocycles. The minimum Gasteiger partial charge on any atom is -0.289 e. The Bertz CT molecular complexity index is 397. The van der Waals surface area contributed by atoms with Crippen LogP contribution in [-0.4, -0.2) is 21.8 Å². The molecule has 1 aromatic carbocycles. The summed E-state index contributed by atoms with van der Waals surface area (Å²) in [6.45, 7) is 0.935. The number of amidine groups is 1. The van der Waals surface area contributed by atoms with Crippen molar-refractivity contribution in [2.45, 2.75) is 4.90 Å². The zero-order valence-corrected chi connectivity index (χ0v) is 9.59. The standard InChI is InChI=1S/C10H9N3S2/c11-8-12-10-13(6-7-14-10)15-9-4-2-1-3-5-9/h1-5H,6-7H2. The highest BCUT2D eigenvalue weighted by molar-refractivity contribution is 8.15. The van der Waals surface area contributed by atoms with Crippen LogP contribution in [0.3, 0.4) is 0 Å². The SMILES string of the molecule is N#CN=C1SCCN1Sc1ccccc1. The van der Waals surface area contributed by atoms with Gasteiger partial charge >= 0.3 is 0 Å². The van der Waals surface area contributed by atoms with E-state index in [2.05, 4.69) is 21.4 Å². The minimum atomic E-state index is 0.811. The van der Waals surface area contributed by atoms with Crippen LogP contribution in [0.4, 0.5) is 0 Å². The first-order valence-corrected chi connectivity index (χ1v) is 6.26. The Morgan fingerprint density at radius 3 is 2.93 bits per heavy atom. The van der Waals surface area contributed by atoms with Crippen molar-refractivity contribution in [3.8, 4) is 6.19 Å². The average Bonchev–Trinajstić information content (AvgIpc) is 2.68. The van der Waals surface area contributed by atoms with Gasteiger partial charge in [-0.15, -0.1) is 4.99 Å². The average molecular weight is 235 g/mol. The van der Waals surface area contributed by atoms with E-state index in [1.807, 2.05) is 24.4 Å². The van der Waals surface area contributed by atoms with E-state index in [0.29, 0.717) is 0 Å². The van der Waals surface area contributed by atoms with E-state index in [9.17, 15) is 0 Å². The van der Waals surface area contributed by atoms with Gasteiger partial charge in [-0.2, -0.15) is 5.26 Å². The Balaban J connectivity index is 2.07. The normalized spacial score (nSPS) is 18.1. The van der Waals surface area contributed by atoms with E-state index in [-0.39, 0.29) is 0 Å². The molecular weight excluding hydrogens is 226 g/mol. The third kappa shape index (κ3) is 2.67.